The van der Waals surface area contributed by atoms with Crippen LogP contribution in [-0.2, 0) is 20.8 Å². The number of nitrogens with one attached hydrogen (secondary N) is 1. The number of carbonyl (C=O) groups is 2. The van der Waals surface area contributed by atoms with Gasteiger partial charge in [0.05, 0.1) is 18.0 Å². The summed E-state index contributed by atoms with van der Waals surface area (Å²) >= 11 is 0. The first kappa shape index (κ1) is 25.4. The van der Waals surface area contributed by atoms with E-state index in [1.54, 1.807) is 57.4 Å². The second kappa shape index (κ2) is 11.3. The van der Waals surface area contributed by atoms with Crippen LogP contribution < -0.4 is 10.9 Å². The average Bonchev–Trinajstić information content (AvgIpc) is 2.89. The highest BCUT2D eigenvalue weighted by molar-refractivity contribution is 6.03. The molecular formula is C27H26N4O6. The van der Waals surface area contributed by atoms with Crippen molar-refractivity contribution in [3.63, 3.8) is 0 Å². The third-order valence-corrected chi connectivity index (χ3v) is 5.33. The maximum Gasteiger partial charge on any atom is 0.511 e. The van der Waals surface area contributed by atoms with E-state index in [9.17, 15) is 14.4 Å². The maximum absolute atomic E-state index is 13.5. The van der Waals surface area contributed by atoms with Crippen molar-refractivity contribution < 1.29 is 23.8 Å². The lowest BCUT2D eigenvalue weighted by molar-refractivity contribution is -0.0344. The van der Waals surface area contributed by atoms with E-state index >= 15 is 0 Å². The van der Waals surface area contributed by atoms with Crippen molar-refractivity contribution in [3.05, 3.63) is 82.9 Å². The Hall–Kier alpha value is -4.73. The minimum Gasteiger partial charge on any atom is -0.431 e. The number of ether oxygens (including phenoxy) is 3. The molecule has 2 aromatic heterocycles. The Kier molecular flexibility index (Phi) is 7.77. The first-order valence-corrected chi connectivity index (χ1v) is 11.7. The Balaban J connectivity index is 1.81. The minimum atomic E-state index is -0.981. The highest BCUT2D eigenvalue weighted by Crippen LogP contribution is 2.30. The van der Waals surface area contributed by atoms with Crippen molar-refractivity contribution in [1.29, 1.82) is 0 Å². The van der Waals surface area contributed by atoms with Gasteiger partial charge < -0.3 is 19.5 Å². The molecule has 0 atom stereocenters. The average molecular weight is 503 g/mol. The third-order valence-electron chi connectivity index (χ3n) is 5.33. The van der Waals surface area contributed by atoms with Gasteiger partial charge in [-0.2, -0.15) is 5.10 Å². The Morgan fingerprint density at radius 3 is 2.46 bits per heavy atom. The van der Waals surface area contributed by atoms with E-state index in [2.05, 4.69) is 15.4 Å². The second-order valence-electron chi connectivity index (χ2n) is 8.23. The van der Waals surface area contributed by atoms with Crippen LogP contribution in [0.2, 0.25) is 0 Å². The van der Waals surface area contributed by atoms with Crippen molar-refractivity contribution in [2.75, 3.05) is 12.1 Å². The first-order chi connectivity index (χ1) is 17.9. The summed E-state index contributed by atoms with van der Waals surface area (Å²) in [6, 6.07) is 16.5. The molecule has 0 radical (unpaired) electrons. The predicted octanol–water partition coefficient (Wildman–Crippen LogP) is 4.90. The molecule has 0 saturated carbocycles. The number of benzene rings is 2. The van der Waals surface area contributed by atoms with Gasteiger partial charge in [0.25, 0.3) is 5.56 Å². The molecule has 0 amide bonds. The molecule has 0 unspecified atom stereocenters. The molecule has 0 aliphatic rings. The van der Waals surface area contributed by atoms with E-state index in [1.165, 1.54) is 4.68 Å². The quantitative estimate of drug-likeness (QED) is 0.265. The van der Waals surface area contributed by atoms with Gasteiger partial charge in [0.1, 0.15) is 16.9 Å². The molecule has 2 heterocycles. The highest BCUT2D eigenvalue weighted by Gasteiger charge is 2.26. The number of esters is 1. The molecule has 10 heteroatoms. The van der Waals surface area contributed by atoms with Crippen LogP contribution in [0.25, 0.3) is 22.0 Å². The van der Waals surface area contributed by atoms with Gasteiger partial charge in [-0.05, 0) is 20.8 Å². The molecule has 0 aliphatic carbocycles. The van der Waals surface area contributed by atoms with Gasteiger partial charge in [0, 0.05) is 29.1 Å². The molecule has 37 heavy (non-hydrogen) atoms. The summed E-state index contributed by atoms with van der Waals surface area (Å²) in [5, 5.41) is 9.20. The maximum atomic E-state index is 13.5. The van der Waals surface area contributed by atoms with Crippen molar-refractivity contribution in [2.24, 2.45) is 0 Å². The van der Waals surface area contributed by atoms with Gasteiger partial charge in [0.15, 0.2) is 0 Å². The molecule has 0 spiro atoms. The molecule has 2 aromatic carbocycles. The number of aromatic nitrogens is 3. The summed E-state index contributed by atoms with van der Waals surface area (Å²) in [6.45, 7) is 4.66. The van der Waals surface area contributed by atoms with Crippen molar-refractivity contribution >= 4 is 34.3 Å². The van der Waals surface area contributed by atoms with E-state index in [-0.39, 0.29) is 23.5 Å². The summed E-state index contributed by atoms with van der Waals surface area (Å²) in [6.07, 6.45) is 1.89. The fourth-order valence-electron chi connectivity index (χ4n) is 3.68. The first-order valence-electron chi connectivity index (χ1n) is 11.7. The number of fused-ring (bicyclic) bond motifs is 1. The van der Waals surface area contributed by atoms with Gasteiger partial charge in [-0.3, -0.25) is 9.78 Å². The number of hydrogen-bond acceptors (Lipinski definition) is 9. The van der Waals surface area contributed by atoms with Crippen molar-refractivity contribution in [3.8, 4) is 11.3 Å². The SMILES string of the molecule is CCn1nc(-c2ccccc2)c(C(=O)OCOC(=O)OC(C)C)c(Nc2cncc3ccccc23)c1=O. The normalized spacial score (nSPS) is 10.8. The van der Waals surface area contributed by atoms with Crippen LogP contribution in [0.4, 0.5) is 16.2 Å². The van der Waals surface area contributed by atoms with Gasteiger partial charge in [0.2, 0.25) is 6.79 Å². The number of hydrogen-bond donors (Lipinski definition) is 1. The second-order valence-corrected chi connectivity index (χ2v) is 8.23. The molecular weight excluding hydrogens is 476 g/mol. The molecule has 0 aliphatic heterocycles. The van der Waals surface area contributed by atoms with Gasteiger partial charge >= 0.3 is 12.1 Å². The number of aryl methyl sites for hydroxylation is 1. The largest absolute Gasteiger partial charge is 0.511 e. The van der Waals surface area contributed by atoms with Crippen LogP contribution in [0.5, 0.6) is 0 Å². The van der Waals surface area contributed by atoms with Crippen molar-refractivity contribution in [2.45, 2.75) is 33.4 Å². The van der Waals surface area contributed by atoms with Gasteiger partial charge in [-0.25, -0.2) is 14.3 Å². The van der Waals surface area contributed by atoms with Gasteiger partial charge in [-0.15, -0.1) is 0 Å². The summed E-state index contributed by atoms with van der Waals surface area (Å²) < 4.78 is 16.2. The third kappa shape index (κ3) is 5.75. The summed E-state index contributed by atoms with van der Waals surface area (Å²) in [7, 11) is 0. The van der Waals surface area contributed by atoms with E-state index in [4.69, 9.17) is 14.2 Å². The molecule has 0 fully saturated rings. The van der Waals surface area contributed by atoms with E-state index in [1.807, 2.05) is 30.3 Å². The fourth-order valence-corrected chi connectivity index (χ4v) is 3.68. The van der Waals surface area contributed by atoms with Crippen LogP contribution in [0.15, 0.2) is 71.8 Å². The Labute approximate surface area is 212 Å². The van der Waals surface area contributed by atoms with Crippen LogP contribution >= 0.6 is 0 Å². The lowest BCUT2D eigenvalue weighted by Gasteiger charge is -2.17. The topological polar surface area (TPSA) is 122 Å². The molecule has 10 nitrogen and oxygen atoms in total. The van der Waals surface area contributed by atoms with E-state index in [0.717, 1.165) is 10.8 Å². The lowest BCUT2D eigenvalue weighted by Crippen LogP contribution is -2.29. The smallest absolute Gasteiger partial charge is 0.431 e. The molecule has 0 bridgehead atoms. The predicted molar refractivity (Wildman–Crippen MR) is 138 cm³/mol. The number of anilines is 2. The fraction of sp³-hybridized carbons (Fsp3) is 0.222. The number of pyridine rings is 1. The number of carbonyl (C=O) groups excluding carboxylic acids is 2. The zero-order valence-electron chi connectivity index (χ0n) is 20.6. The summed E-state index contributed by atoms with van der Waals surface area (Å²) in [5.74, 6) is -0.903. The lowest BCUT2D eigenvalue weighted by atomic mass is 10.0. The van der Waals surface area contributed by atoms with Crippen LogP contribution in [-0.4, -0.2) is 39.8 Å². The number of nitrogens with zero attached hydrogens (tertiary/aromatic N) is 3. The summed E-state index contributed by atoms with van der Waals surface area (Å²) in [4.78, 5) is 42.8. The molecule has 0 saturated heterocycles. The monoisotopic (exact) mass is 502 g/mol. The van der Waals surface area contributed by atoms with Crippen molar-refractivity contribution in [1.82, 2.24) is 14.8 Å². The Morgan fingerprint density at radius 2 is 1.73 bits per heavy atom. The molecule has 1 N–H and O–H groups in total. The minimum absolute atomic E-state index is 0.0383. The highest BCUT2D eigenvalue weighted by atomic mass is 16.8. The van der Waals surface area contributed by atoms with Crippen LogP contribution in [0.1, 0.15) is 31.1 Å². The molecule has 4 aromatic rings. The zero-order valence-corrected chi connectivity index (χ0v) is 20.6. The van der Waals surface area contributed by atoms with E-state index < -0.39 is 30.6 Å². The standard InChI is InChI=1S/C27H26N4O6/c1-4-31-25(32)24(29-21-15-28-14-19-12-8-9-13-20(19)21)22(23(30-31)18-10-6-5-7-11-18)26(33)35-16-36-27(34)37-17(2)3/h5-15,17,29H,4,16H2,1-3H3. The Bertz CT molecular complexity index is 1480. The van der Waals surface area contributed by atoms with E-state index in [0.29, 0.717) is 11.3 Å². The zero-order chi connectivity index (χ0) is 26.4. The van der Waals surface area contributed by atoms with Crippen LogP contribution in [0.3, 0.4) is 0 Å². The number of rotatable bonds is 8. The van der Waals surface area contributed by atoms with Crippen LogP contribution in [0, 0.1) is 0 Å². The molecule has 4 rings (SSSR count). The molecule has 190 valence electrons. The summed E-state index contributed by atoms with van der Waals surface area (Å²) in [5.41, 5.74) is 0.678. The Morgan fingerprint density at radius 1 is 1.00 bits per heavy atom. The van der Waals surface area contributed by atoms with Gasteiger partial charge in [-0.1, -0.05) is 54.6 Å².